The Bertz CT molecular complexity index is 556. The van der Waals surface area contributed by atoms with E-state index in [0.717, 1.165) is 24.5 Å². The highest BCUT2D eigenvalue weighted by Crippen LogP contribution is 2.14. The SMILES string of the molecule is CCc1ccc(OCc2n[nH]c(=S)n2CC)cc1. The molecule has 0 saturated carbocycles. The Morgan fingerprint density at radius 1 is 1.28 bits per heavy atom. The number of benzene rings is 1. The number of rotatable bonds is 5. The number of aryl methyl sites for hydroxylation is 1. The maximum atomic E-state index is 5.70. The van der Waals surface area contributed by atoms with Crippen molar-refractivity contribution < 1.29 is 4.74 Å². The van der Waals surface area contributed by atoms with Crippen LogP contribution in [0, 0.1) is 4.77 Å². The number of aromatic nitrogens is 3. The van der Waals surface area contributed by atoms with Crippen LogP contribution >= 0.6 is 12.2 Å². The second-order valence-corrected chi connectivity index (χ2v) is 4.36. The van der Waals surface area contributed by atoms with E-state index in [1.807, 2.05) is 23.6 Å². The second kappa shape index (κ2) is 5.82. The molecule has 0 spiro atoms. The van der Waals surface area contributed by atoms with Crippen molar-refractivity contribution in [2.24, 2.45) is 0 Å². The van der Waals surface area contributed by atoms with Crippen molar-refractivity contribution in [1.82, 2.24) is 14.8 Å². The molecule has 0 bridgehead atoms. The number of H-pyrrole nitrogens is 1. The van der Waals surface area contributed by atoms with Crippen molar-refractivity contribution in [3.8, 4) is 5.75 Å². The third-order valence-electron chi connectivity index (χ3n) is 2.85. The van der Waals surface area contributed by atoms with E-state index in [9.17, 15) is 0 Å². The largest absolute Gasteiger partial charge is 0.486 e. The van der Waals surface area contributed by atoms with Crippen molar-refractivity contribution in [1.29, 1.82) is 0 Å². The number of hydrogen-bond acceptors (Lipinski definition) is 3. The van der Waals surface area contributed by atoms with Gasteiger partial charge in [-0.15, -0.1) is 0 Å². The summed E-state index contributed by atoms with van der Waals surface area (Å²) in [4.78, 5) is 0. The number of ether oxygens (including phenoxy) is 1. The van der Waals surface area contributed by atoms with Crippen molar-refractivity contribution in [3.63, 3.8) is 0 Å². The average molecular weight is 263 g/mol. The van der Waals surface area contributed by atoms with Crippen LogP contribution in [0.1, 0.15) is 25.2 Å². The summed E-state index contributed by atoms with van der Waals surface area (Å²) in [5.41, 5.74) is 1.30. The first-order chi connectivity index (χ1) is 8.74. The number of aromatic amines is 1. The summed E-state index contributed by atoms with van der Waals surface area (Å²) in [7, 11) is 0. The lowest BCUT2D eigenvalue weighted by Gasteiger charge is -2.07. The quantitative estimate of drug-likeness (QED) is 0.843. The molecule has 0 saturated heterocycles. The molecule has 0 amide bonds. The van der Waals surface area contributed by atoms with Gasteiger partial charge in [0.15, 0.2) is 10.6 Å². The zero-order valence-corrected chi connectivity index (χ0v) is 11.5. The van der Waals surface area contributed by atoms with Crippen molar-refractivity contribution in [3.05, 3.63) is 40.4 Å². The van der Waals surface area contributed by atoms with E-state index in [1.165, 1.54) is 5.56 Å². The standard InChI is InChI=1S/C13H17N3OS/c1-3-10-5-7-11(8-6-10)17-9-12-14-15-13(18)16(12)4-2/h5-8H,3-4,9H2,1-2H3,(H,15,18). The second-order valence-electron chi connectivity index (χ2n) is 3.98. The molecule has 96 valence electrons. The van der Waals surface area contributed by atoms with Crippen LogP contribution in [-0.2, 0) is 19.6 Å². The van der Waals surface area contributed by atoms with E-state index in [-0.39, 0.29) is 0 Å². The van der Waals surface area contributed by atoms with Gasteiger partial charge in [-0.3, -0.25) is 5.10 Å². The van der Waals surface area contributed by atoms with Gasteiger partial charge < -0.3 is 9.30 Å². The summed E-state index contributed by atoms with van der Waals surface area (Å²) in [5.74, 6) is 1.67. The van der Waals surface area contributed by atoms with Crippen LogP contribution in [0.25, 0.3) is 0 Å². The lowest BCUT2D eigenvalue weighted by atomic mass is 10.2. The Morgan fingerprint density at radius 2 is 2.00 bits per heavy atom. The Labute approximate surface area is 112 Å². The van der Waals surface area contributed by atoms with E-state index in [2.05, 4.69) is 29.3 Å². The monoisotopic (exact) mass is 263 g/mol. The smallest absolute Gasteiger partial charge is 0.195 e. The molecule has 0 aliphatic heterocycles. The molecule has 1 heterocycles. The average Bonchev–Trinajstić information content (AvgIpc) is 2.77. The summed E-state index contributed by atoms with van der Waals surface area (Å²) >= 11 is 5.13. The van der Waals surface area contributed by atoms with Crippen LogP contribution in [0.2, 0.25) is 0 Å². The Kier molecular flexibility index (Phi) is 4.15. The van der Waals surface area contributed by atoms with Gasteiger partial charge in [0.2, 0.25) is 0 Å². The third-order valence-corrected chi connectivity index (χ3v) is 3.16. The van der Waals surface area contributed by atoms with E-state index in [4.69, 9.17) is 17.0 Å². The zero-order valence-electron chi connectivity index (χ0n) is 10.6. The molecule has 0 atom stereocenters. The van der Waals surface area contributed by atoms with Gasteiger partial charge in [-0.1, -0.05) is 19.1 Å². The molecule has 1 N–H and O–H groups in total. The van der Waals surface area contributed by atoms with Gasteiger partial charge >= 0.3 is 0 Å². The fraction of sp³-hybridized carbons (Fsp3) is 0.385. The fourth-order valence-electron chi connectivity index (χ4n) is 1.76. The van der Waals surface area contributed by atoms with Crippen molar-refractivity contribution in [2.75, 3.05) is 0 Å². The molecular weight excluding hydrogens is 246 g/mol. The van der Waals surface area contributed by atoms with E-state index in [1.54, 1.807) is 0 Å². The van der Waals surface area contributed by atoms with Gasteiger partial charge in [-0.2, -0.15) is 5.10 Å². The number of nitrogens with one attached hydrogen (secondary N) is 1. The van der Waals surface area contributed by atoms with Crippen LogP contribution in [0.3, 0.4) is 0 Å². The first kappa shape index (κ1) is 12.8. The summed E-state index contributed by atoms with van der Waals surface area (Å²) < 4.78 is 8.26. The zero-order chi connectivity index (χ0) is 13.0. The first-order valence-corrected chi connectivity index (χ1v) is 6.51. The fourth-order valence-corrected chi connectivity index (χ4v) is 2.04. The van der Waals surface area contributed by atoms with E-state index < -0.39 is 0 Å². The molecule has 0 radical (unpaired) electrons. The number of hydrogen-bond donors (Lipinski definition) is 1. The van der Waals surface area contributed by atoms with Crippen LogP contribution < -0.4 is 4.74 Å². The van der Waals surface area contributed by atoms with E-state index >= 15 is 0 Å². The van der Waals surface area contributed by atoms with Crippen molar-refractivity contribution in [2.45, 2.75) is 33.4 Å². The van der Waals surface area contributed by atoms with Crippen LogP contribution in [0.5, 0.6) is 5.75 Å². The molecule has 0 aliphatic carbocycles. The molecule has 18 heavy (non-hydrogen) atoms. The predicted octanol–water partition coefficient (Wildman–Crippen LogP) is 3.10. The molecule has 0 unspecified atom stereocenters. The van der Waals surface area contributed by atoms with Gasteiger partial charge in [0, 0.05) is 6.54 Å². The normalized spacial score (nSPS) is 10.6. The molecule has 2 aromatic rings. The molecule has 0 aliphatic rings. The minimum atomic E-state index is 0.423. The maximum absolute atomic E-state index is 5.70. The summed E-state index contributed by atoms with van der Waals surface area (Å²) in [6.45, 7) is 5.38. The third kappa shape index (κ3) is 2.79. The molecule has 4 nitrogen and oxygen atoms in total. The minimum absolute atomic E-state index is 0.423. The molecule has 0 fully saturated rings. The molecular formula is C13H17N3OS. The van der Waals surface area contributed by atoms with Crippen LogP contribution in [0.4, 0.5) is 0 Å². The highest BCUT2D eigenvalue weighted by molar-refractivity contribution is 7.71. The van der Waals surface area contributed by atoms with Crippen LogP contribution in [-0.4, -0.2) is 14.8 Å². The highest BCUT2D eigenvalue weighted by Gasteiger charge is 2.05. The van der Waals surface area contributed by atoms with Gasteiger partial charge in [0.05, 0.1) is 0 Å². The highest BCUT2D eigenvalue weighted by atomic mass is 32.1. The lowest BCUT2D eigenvalue weighted by molar-refractivity contribution is 0.289. The predicted molar refractivity (Wildman–Crippen MR) is 73.2 cm³/mol. The molecule has 1 aromatic heterocycles. The molecule has 2 rings (SSSR count). The first-order valence-electron chi connectivity index (χ1n) is 6.10. The van der Waals surface area contributed by atoms with Gasteiger partial charge in [0.1, 0.15) is 12.4 Å². The van der Waals surface area contributed by atoms with Gasteiger partial charge in [-0.05, 0) is 43.3 Å². The van der Waals surface area contributed by atoms with E-state index in [0.29, 0.717) is 11.4 Å². The molecule has 1 aromatic carbocycles. The summed E-state index contributed by atoms with van der Waals surface area (Å²) in [6, 6.07) is 8.12. The Hall–Kier alpha value is -1.62. The van der Waals surface area contributed by atoms with Crippen molar-refractivity contribution >= 4 is 12.2 Å². The summed E-state index contributed by atoms with van der Waals surface area (Å²) in [6.07, 6.45) is 1.04. The summed E-state index contributed by atoms with van der Waals surface area (Å²) in [5, 5.41) is 6.93. The topological polar surface area (TPSA) is 42.8 Å². The van der Waals surface area contributed by atoms with Gasteiger partial charge in [-0.25, -0.2) is 0 Å². The Morgan fingerprint density at radius 3 is 2.61 bits per heavy atom. The maximum Gasteiger partial charge on any atom is 0.195 e. The Balaban J connectivity index is 2.04. The molecule has 5 heteroatoms. The minimum Gasteiger partial charge on any atom is -0.486 e. The number of nitrogens with zero attached hydrogens (tertiary/aromatic N) is 2. The van der Waals surface area contributed by atoms with Crippen LogP contribution in [0.15, 0.2) is 24.3 Å². The van der Waals surface area contributed by atoms with Gasteiger partial charge in [0.25, 0.3) is 0 Å². The lowest BCUT2D eigenvalue weighted by Crippen LogP contribution is -2.06.